The molecular weight excluding hydrogens is 242 g/mol. The minimum absolute atomic E-state index is 0.100. The van der Waals surface area contributed by atoms with Crippen molar-refractivity contribution in [1.29, 1.82) is 0 Å². The largest absolute Gasteiger partial charge is 0.495 e. The number of methoxy groups -OCH3 is 1. The van der Waals surface area contributed by atoms with Crippen LogP contribution in [0.5, 0.6) is 5.75 Å². The molecular formula is C11H13NO4S. The zero-order valence-corrected chi connectivity index (χ0v) is 10.3. The van der Waals surface area contributed by atoms with Crippen LogP contribution >= 0.6 is 0 Å². The third-order valence-electron chi connectivity index (χ3n) is 2.05. The molecule has 0 atom stereocenters. The van der Waals surface area contributed by atoms with Gasteiger partial charge in [0.2, 0.25) is 10.0 Å². The van der Waals surface area contributed by atoms with Crippen molar-refractivity contribution in [1.82, 2.24) is 4.72 Å². The van der Waals surface area contributed by atoms with Gasteiger partial charge in [0.25, 0.3) is 0 Å². The molecule has 6 heteroatoms. The van der Waals surface area contributed by atoms with E-state index in [1.807, 2.05) is 0 Å². The van der Waals surface area contributed by atoms with Crippen LogP contribution in [-0.2, 0) is 10.0 Å². The van der Waals surface area contributed by atoms with Gasteiger partial charge in [0.1, 0.15) is 12.4 Å². The number of ether oxygens (including phenoxy) is 1. The summed E-state index contributed by atoms with van der Waals surface area (Å²) in [6.07, 6.45) is 0. The summed E-state index contributed by atoms with van der Waals surface area (Å²) in [7, 11) is -0.711. The van der Waals surface area contributed by atoms with Crippen LogP contribution < -0.4 is 9.46 Å². The van der Waals surface area contributed by atoms with E-state index in [-0.39, 0.29) is 11.5 Å². The van der Waals surface area contributed by atoms with Gasteiger partial charge < -0.3 is 9.84 Å². The van der Waals surface area contributed by atoms with Gasteiger partial charge in [-0.1, -0.05) is 11.8 Å². The van der Waals surface area contributed by atoms with Gasteiger partial charge in [-0.05, 0) is 25.2 Å². The number of sulfonamides is 1. The Kier molecular flexibility index (Phi) is 4.52. The number of benzene rings is 1. The lowest BCUT2D eigenvalue weighted by molar-refractivity contribution is 0.350. The Balaban J connectivity index is 3.32. The highest BCUT2D eigenvalue weighted by atomic mass is 32.2. The van der Waals surface area contributed by atoms with Crippen molar-refractivity contribution in [3.05, 3.63) is 23.8 Å². The highest BCUT2D eigenvalue weighted by molar-refractivity contribution is 7.89. The molecule has 92 valence electrons. The van der Waals surface area contributed by atoms with E-state index in [9.17, 15) is 8.42 Å². The number of aliphatic hydroxyl groups excluding tert-OH is 1. The maximum Gasteiger partial charge on any atom is 0.240 e. The van der Waals surface area contributed by atoms with E-state index >= 15 is 0 Å². The van der Waals surface area contributed by atoms with E-state index in [1.54, 1.807) is 0 Å². The molecule has 2 N–H and O–H groups in total. The number of hydrogen-bond donors (Lipinski definition) is 2. The molecule has 0 aromatic heterocycles. The van der Waals surface area contributed by atoms with Crippen LogP contribution in [0.25, 0.3) is 0 Å². The van der Waals surface area contributed by atoms with Crippen LogP contribution in [0, 0.1) is 11.8 Å². The highest BCUT2D eigenvalue weighted by Gasteiger charge is 2.13. The Morgan fingerprint density at radius 3 is 2.71 bits per heavy atom. The van der Waals surface area contributed by atoms with Gasteiger partial charge in [-0.2, -0.15) is 0 Å². The van der Waals surface area contributed by atoms with Crippen molar-refractivity contribution in [3.8, 4) is 17.6 Å². The molecule has 0 unspecified atom stereocenters. The number of hydrogen-bond acceptors (Lipinski definition) is 4. The third-order valence-corrected chi connectivity index (χ3v) is 3.46. The second-order valence-corrected chi connectivity index (χ2v) is 4.92. The van der Waals surface area contributed by atoms with Crippen molar-refractivity contribution >= 4 is 10.0 Å². The molecule has 0 bridgehead atoms. The van der Waals surface area contributed by atoms with Crippen LogP contribution in [-0.4, -0.2) is 34.3 Å². The number of aliphatic hydroxyl groups is 1. The molecule has 0 aliphatic carbocycles. The summed E-state index contributed by atoms with van der Waals surface area (Å²) in [5, 5.41) is 8.62. The normalized spacial score (nSPS) is 10.5. The van der Waals surface area contributed by atoms with Crippen molar-refractivity contribution in [2.24, 2.45) is 0 Å². The van der Waals surface area contributed by atoms with Crippen molar-refractivity contribution in [3.63, 3.8) is 0 Å². The summed E-state index contributed by atoms with van der Waals surface area (Å²) in [6.45, 7) is -0.299. The Bertz CT molecular complexity index is 555. The molecule has 0 amide bonds. The van der Waals surface area contributed by atoms with Gasteiger partial charge in [0.05, 0.1) is 17.6 Å². The van der Waals surface area contributed by atoms with Gasteiger partial charge >= 0.3 is 0 Å². The summed E-state index contributed by atoms with van der Waals surface area (Å²) < 4.78 is 30.4. The standard InChI is InChI=1S/C11H13NO4S/c1-12-17(14,15)10-5-6-11(16-2)9(8-10)4-3-7-13/h5-6,8,12-13H,7H2,1-2H3. The number of nitrogens with one attached hydrogen (secondary N) is 1. The van der Waals surface area contributed by atoms with E-state index in [2.05, 4.69) is 16.6 Å². The summed E-state index contributed by atoms with van der Waals surface area (Å²) in [6, 6.07) is 4.34. The first kappa shape index (κ1) is 13.5. The first-order chi connectivity index (χ1) is 8.05. The molecule has 1 aromatic carbocycles. The van der Waals surface area contributed by atoms with Gasteiger partial charge in [-0.3, -0.25) is 0 Å². The van der Waals surface area contributed by atoms with Crippen LogP contribution in [0.2, 0.25) is 0 Å². The molecule has 1 rings (SSSR count). The monoisotopic (exact) mass is 255 g/mol. The topological polar surface area (TPSA) is 75.6 Å². The first-order valence-electron chi connectivity index (χ1n) is 4.76. The van der Waals surface area contributed by atoms with E-state index in [0.29, 0.717) is 11.3 Å². The van der Waals surface area contributed by atoms with Gasteiger partial charge in [0.15, 0.2) is 0 Å². The van der Waals surface area contributed by atoms with Gasteiger partial charge in [-0.25, -0.2) is 13.1 Å². The Labute approximate surface area is 100 Å². The predicted molar refractivity (Wildman–Crippen MR) is 63.2 cm³/mol. The Hall–Kier alpha value is -1.55. The summed E-state index contributed by atoms with van der Waals surface area (Å²) in [5.74, 6) is 5.54. The third kappa shape index (κ3) is 3.20. The van der Waals surface area contributed by atoms with E-state index in [4.69, 9.17) is 9.84 Å². The highest BCUT2D eigenvalue weighted by Crippen LogP contribution is 2.21. The summed E-state index contributed by atoms with van der Waals surface area (Å²) >= 11 is 0. The van der Waals surface area contributed by atoms with E-state index in [0.717, 1.165) is 0 Å². The molecule has 0 heterocycles. The lowest BCUT2D eigenvalue weighted by Crippen LogP contribution is -2.18. The summed E-state index contributed by atoms with van der Waals surface area (Å²) in [5.41, 5.74) is 0.415. The molecule has 0 saturated carbocycles. The molecule has 0 aliphatic rings. The Morgan fingerprint density at radius 2 is 2.18 bits per heavy atom. The van der Waals surface area contributed by atoms with E-state index < -0.39 is 10.0 Å². The fourth-order valence-corrected chi connectivity index (χ4v) is 1.96. The first-order valence-corrected chi connectivity index (χ1v) is 6.24. The minimum atomic E-state index is -3.51. The van der Waals surface area contributed by atoms with Crippen LogP contribution in [0.3, 0.4) is 0 Å². The van der Waals surface area contributed by atoms with Crippen LogP contribution in [0.15, 0.2) is 23.1 Å². The Morgan fingerprint density at radius 1 is 1.47 bits per heavy atom. The molecule has 0 aliphatic heterocycles. The molecule has 0 fully saturated rings. The lowest BCUT2D eigenvalue weighted by atomic mass is 10.2. The molecule has 0 spiro atoms. The molecule has 0 saturated heterocycles. The zero-order valence-electron chi connectivity index (χ0n) is 9.52. The van der Waals surface area contributed by atoms with Gasteiger partial charge in [0, 0.05) is 0 Å². The lowest BCUT2D eigenvalue weighted by Gasteiger charge is -2.06. The van der Waals surface area contributed by atoms with Crippen molar-refractivity contribution in [2.75, 3.05) is 20.8 Å². The second-order valence-electron chi connectivity index (χ2n) is 3.03. The predicted octanol–water partition coefficient (Wildman–Crippen LogP) is -0.0529. The minimum Gasteiger partial charge on any atom is -0.495 e. The molecule has 1 aromatic rings. The molecule has 17 heavy (non-hydrogen) atoms. The average Bonchev–Trinajstić information content (AvgIpc) is 2.35. The van der Waals surface area contributed by atoms with Crippen LogP contribution in [0.4, 0.5) is 0 Å². The van der Waals surface area contributed by atoms with E-state index in [1.165, 1.54) is 32.4 Å². The SMILES string of the molecule is CNS(=O)(=O)c1ccc(OC)c(C#CCO)c1. The number of rotatable bonds is 3. The molecule has 5 nitrogen and oxygen atoms in total. The van der Waals surface area contributed by atoms with Crippen LogP contribution in [0.1, 0.15) is 5.56 Å². The van der Waals surface area contributed by atoms with Crippen molar-refractivity contribution < 1.29 is 18.3 Å². The maximum absolute atomic E-state index is 11.6. The summed E-state index contributed by atoms with van der Waals surface area (Å²) in [4.78, 5) is 0.100. The molecule has 0 radical (unpaired) electrons. The average molecular weight is 255 g/mol. The fourth-order valence-electron chi connectivity index (χ4n) is 1.20. The second kappa shape index (κ2) is 5.68. The van der Waals surface area contributed by atoms with Gasteiger partial charge in [-0.15, -0.1) is 0 Å². The zero-order chi connectivity index (χ0) is 12.9. The van der Waals surface area contributed by atoms with Crippen molar-refractivity contribution in [2.45, 2.75) is 4.90 Å². The quantitative estimate of drug-likeness (QED) is 0.742. The fraction of sp³-hybridized carbons (Fsp3) is 0.273. The smallest absolute Gasteiger partial charge is 0.240 e. The maximum atomic E-state index is 11.6.